The Morgan fingerprint density at radius 1 is 1.52 bits per heavy atom. The van der Waals surface area contributed by atoms with Gasteiger partial charge >= 0.3 is 0 Å². The van der Waals surface area contributed by atoms with Crippen LogP contribution in [0.15, 0.2) is 17.5 Å². The lowest BCUT2D eigenvalue weighted by molar-refractivity contribution is -0.127. The number of nitrogens with one attached hydrogen (secondary N) is 1. The number of ether oxygens (including phenoxy) is 2. The molecule has 0 spiro atoms. The highest BCUT2D eigenvalue weighted by Crippen LogP contribution is 2.22. The lowest BCUT2D eigenvalue weighted by Crippen LogP contribution is -2.50. The standard InChI is InChI=1S/C18H30N2O4S/c1-14-5-6-15(18(22)19-7-8-23-2)10-20(14)11-16(21)12-24-13-17-4-3-9-25-17/h3-4,9,14-16,21H,5-8,10-13H2,1-2H3,(H,19,22). The van der Waals surface area contributed by atoms with E-state index in [9.17, 15) is 9.90 Å². The van der Waals surface area contributed by atoms with Gasteiger partial charge in [0.1, 0.15) is 0 Å². The van der Waals surface area contributed by atoms with Crippen molar-refractivity contribution in [2.45, 2.75) is 38.5 Å². The Morgan fingerprint density at radius 2 is 2.36 bits per heavy atom. The van der Waals surface area contributed by atoms with Crippen LogP contribution in [0.4, 0.5) is 0 Å². The van der Waals surface area contributed by atoms with Crippen molar-refractivity contribution in [2.75, 3.05) is 40.0 Å². The third-order valence-electron chi connectivity index (χ3n) is 4.57. The van der Waals surface area contributed by atoms with Crippen molar-refractivity contribution in [2.24, 2.45) is 5.92 Å². The maximum Gasteiger partial charge on any atom is 0.224 e. The lowest BCUT2D eigenvalue weighted by Gasteiger charge is -2.38. The molecule has 1 aromatic heterocycles. The fourth-order valence-corrected chi connectivity index (χ4v) is 3.72. The molecule has 1 saturated heterocycles. The highest BCUT2D eigenvalue weighted by Gasteiger charge is 2.30. The maximum absolute atomic E-state index is 12.2. The Bertz CT molecular complexity index is 497. The van der Waals surface area contributed by atoms with Crippen LogP contribution in [0.1, 0.15) is 24.6 Å². The summed E-state index contributed by atoms with van der Waals surface area (Å²) in [5, 5.41) is 15.2. The zero-order chi connectivity index (χ0) is 18.1. The van der Waals surface area contributed by atoms with Crippen LogP contribution in [0.5, 0.6) is 0 Å². The number of rotatable bonds is 10. The quantitative estimate of drug-likeness (QED) is 0.611. The Labute approximate surface area is 154 Å². The number of amides is 1. The van der Waals surface area contributed by atoms with Crippen molar-refractivity contribution < 1.29 is 19.4 Å². The molecule has 2 rings (SSSR count). The number of nitrogens with zero attached hydrogens (tertiary/aromatic N) is 1. The normalized spacial score (nSPS) is 22.7. The molecule has 0 saturated carbocycles. The number of hydrogen-bond acceptors (Lipinski definition) is 6. The first-order valence-corrected chi connectivity index (χ1v) is 9.77. The molecule has 7 heteroatoms. The smallest absolute Gasteiger partial charge is 0.224 e. The average molecular weight is 371 g/mol. The summed E-state index contributed by atoms with van der Waals surface area (Å²) < 4.78 is 10.6. The lowest BCUT2D eigenvalue weighted by atomic mass is 9.92. The van der Waals surface area contributed by atoms with E-state index in [1.54, 1.807) is 18.4 Å². The first kappa shape index (κ1) is 20.3. The molecule has 142 valence electrons. The number of piperidine rings is 1. The molecule has 25 heavy (non-hydrogen) atoms. The summed E-state index contributed by atoms with van der Waals surface area (Å²) in [6, 6.07) is 4.39. The first-order valence-electron chi connectivity index (χ1n) is 8.89. The van der Waals surface area contributed by atoms with Crippen LogP contribution in [0.25, 0.3) is 0 Å². The second-order valence-electron chi connectivity index (χ2n) is 6.61. The molecule has 0 aliphatic carbocycles. The molecule has 0 bridgehead atoms. The first-order chi connectivity index (χ1) is 12.1. The molecule has 6 nitrogen and oxygen atoms in total. The van der Waals surface area contributed by atoms with E-state index in [1.807, 2.05) is 17.5 Å². The molecule has 1 aliphatic heterocycles. The van der Waals surface area contributed by atoms with E-state index in [-0.39, 0.29) is 11.8 Å². The molecule has 2 heterocycles. The van der Waals surface area contributed by atoms with E-state index in [1.165, 1.54) is 0 Å². The summed E-state index contributed by atoms with van der Waals surface area (Å²) >= 11 is 1.65. The Hall–Kier alpha value is -0.990. The monoisotopic (exact) mass is 370 g/mol. The number of carbonyl (C=O) groups is 1. The molecule has 2 N–H and O–H groups in total. The van der Waals surface area contributed by atoms with Crippen molar-refractivity contribution >= 4 is 17.2 Å². The van der Waals surface area contributed by atoms with Crippen molar-refractivity contribution in [1.29, 1.82) is 0 Å². The number of thiophene rings is 1. The van der Waals surface area contributed by atoms with Gasteiger partial charge in [0.15, 0.2) is 0 Å². The maximum atomic E-state index is 12.2. The second-order valence-corrected chi connectivity index (χ2v) is 7.64. The molecule has 1 amide bonds. The predicted molar refractivity (Wildman–Crippen MR) is 98.6 cm³/mol. The van der Waals surface area contributed by atoms with Gasteiger partial charge in [-0.1, -0.05) is 6.07 Å². The Morgan fingerprint density at radius 3 is 3.08 bits per heavy atom. The minimum Gasteiger partial charge on any atom is -0.389 e. The van der Waals surface area contributed by atoms with Gasteiger partial charge in [-0.2, -0.15) is 0 Å². The molecule has 1 aliphatic rings. The van der Waals surface area contributed by atoms with Gasteiger partial charge < -0.3 is 19.9 Å². The molecule has 0 aromatic carbocycles. The number of carbonyl (C=O) groups excluding carboxylic acids is 1. The van der Waals surface area contributed by atoms with Gasteiger partial charge in [-0.05, 0) is 31.2 Å². The Balaban J connectivity index is 1.71. The van der Waals surface area contributed by atoms with Crippen LogP contribution < -0.4 is 5.32 Å². The Kier molecular flexibility index (Phi) is 8.84. The van der Waals surface area contributed by atoms with Crippen LogP contribution >= 0.6 is 11.3 Å². The van der Waals surface area contributed by atoms with E-state index < -0.39 is 6.10 Å². The summed E-state index contributed by atoms with van der Waals surface area (Å²) in [5.74, 6) is 0.0599. The number of methoxy groups -OCH3 is 1. The van der Waals surface area contributed by atoms with E-state index in [2.05, 4.69) is 17.1 Å². The molecular weight excluding hydrogens is 340 g/mol. The van der Waals surface area contributed by atoms with Crippen LogP contribution in [-0.2, 0) is 20.9 Å². The molecular formula is C18H30N2O4S. The van der Waals surface area contributed by atoms with Gasteiger partial charge in [0.05, 0.1) is 31.8 Å². The topological polar surface area (TPSA) is 71.0 Å². The number of β-amino-alcohol motifs (C(OH)–C–C–N with tert-alkyl or cyclic N) is 1. The SMILES string of the molecule is COCCNC(=O)C1CCC(C)N(CC(O)COCc2cccs2)C1. The zero-order valence-electron chi connectivity index (χ0n) is 15.1. The number of aliphatic hydroxyl groups is 1. The van der Waals surface area contributed by atoms with Gasteiger partial charge in [-0.3, -0.25) is 9.69 Å². The fraction of sp³-hybridized carbons (Fsp3) is 0.722. The summed E-state index contributed by atoms with van der Waals surface area (Å²) in [5.41, 5.74) is 0. The van der Waals surface area contributed by atoms with Crippen LogP contribution in [0, 0.1) is 5.92 Å². The summed E-state index contributed by atoms with van der Waals surface area (Å²) in [4.78, 5) is 15.6. The summed E-state index contributed by atoms with van der Waals surface area (Å²) in [6.07, 6.45) is 1.31. The minimum atomic E-state index is -0.544. The summed E-state index contributed by atoms with van der Waals surface area (Å²) in [7, 11) is 1.62. The molecule has 1 aromatic rings. The average Bonchev–Trinajstić information content (AvgIpc) is 3.10. The van der Waals surface area contributed by atoms with Crippen molar-refractivity contribution in [3.63, 3.8) is 0 Å². The minimum absolute atomic E-state index is 0.0210. The molecule has 3 atom stereocenters. The van der Waals surface area contributed by atoms with Crippen molar-refractivity contribution in [3.05, 3.63) is 22.4 Å². The van der Waals surface area contributed by atoms with Gasteiger partial charge in [-0.15, -0.1) is 11.3 Å². The second kappa shape index (κ2) is 10.9. The van der Waals surface area contributed by atoms with Gasteiger partial charge in [0.2, 0.25) is 5.91 Å². The van der Waals surface area contributed by atoms with Gasteiger partial charge in [-0.25, -0.2) is 0 Å². The van der Waals surface area contributed by atoms with Crippen molar-refractivity contribution in [3.8, 4) is 0 Å². The van der Waals surface area contributed by atoms with Crippen LogP contribution in [-0.4, -0.2) is 68.0 Å². The molecule has 3 unspecified atom stereocenters. The van der Waals surface area contributed by atoms with E-state index in [0.29, 0.717) is 45.5 Å². The number of likely N-dealkylation sites (tertiary alicyclic amines) is 1. The summed E-state index contributed by atoms with van der Waals surface area (Å²) in [6.45, 7) is 5.29. The van der Waals surface area contributed by atoms with Crippen LogP contribution in [0.3, 0.4) is 0 Å². The number of hydrogen-bond donors (Lipinski definition) is 2. The molecule has 1 fully saturated rings. The van der Waals surface area contributed by atoms with E-state index in [0.717, 1.165) is 17.7 Å². The van der Waals surface area contributed by atoms with Crippen LogP contribution in [0.2, 0.25) is 0 Å². The highest BCUT2D eigenvalue weighted by molar-refractivity contribution is 7.09. The van der Waals surface area contributed by atoms with E-state index in [4.69, 9.17) is 9.47 Å². The van der Waals surface area contributed by atoms with E-state index >= 15 is 0 Å². The highest BCUT2D eigenvalue weighted by atomic mass is 32.1. The zero-order valence-corrected chi connectivity index (χ0v) is 16.0. The third kappa shape index (κ3) is 7.03. The number of aliphatic hydroxyl groups excluding tert-OH is 1. The largest absolute Gasteiger partial charge is 0.389 e. The third-order valence-corrected chi connectivity index (χ3v) is 5.42. The van der Waals surface area contributed by atoms with Gasteiger partial charge in [0, 0.05) is 37.7 Å². The fourth-order valence-electron chi connectivity index (χ4n) is 3.08. The van der Waals surface area contributed by atoms with Crippen molar-refractivity contribution in [1.82, 2.24) is 10.2 Å². The predicted octanol–water partition coefficient (Wildman–Crippen LogP) is 1.49. The van der Waals surface area contributed by atoms with Gasteiger partial charge in [0.25, 0.3) is 0 Å². The molecule has 0 radical (unpaired) electrons.